The molecule has 0 saturated carbocycles. The molecule has 0 N–H and O–H groups in total. The summed E-state index contributed by atoms with van der Waals surface area (Å²) in [6.07, 6.45) is 3.28. The van der Waals surface area contributed by atoms with Crippen LogP contribution in [0.2, 0.25) is 0 Å². The van der Waals surface area contributed by atoms with E-state index in [0.717, 1.165) is 5.56 Å². The maximum atomic E-state index is 12.4. The summed E-state index contributed by atoms with van der Waals surface area (Å²) in [4.78, 5) is 12.4. The number of rotatable bonds is 7. The molecule has 2 aromatic carbocycles. The Morgan fingerprint density at radius 3 is 2.55 bits per heavy atom. The first kappa shape index (κ1) is 15.8. The van der Waals surface area contributed by atoms with E-state index in [2.05, 4.69) is 0 Å². The molecular weight excluding hydrogens is 280 g/mol. The summed E-state index contributed by atoms with van der Waals surface area (Å²) in [5.74, 6) is 0.903. The van der Waals surface area contributed by atoms with E-state index in [-0.39, 0.29) is 12.6 Å². The van der Waals surface area contributed by atoms with Crippen LogP contribution >= 0.6 is 0 Å². The molecule has 22 heavy (non-hydrogen) atoms. The number of benzene rings is 2. The van der Waals surface area contributed by atoms with Gasteiger partial charge in [-0.2, -0.15) is 0 Å². The molecule has 114 valence electrons. The second-order valence-electron chi connectivity index (χ2n) is 4.52. The van der Waals surface area contributed by atoms with E-state index in [1.165, 1.54) is 13.2 Å². The van der Waals surface area contributed by atoms with Crippen molar-refractivity contribution in [3.05, 3.63) is 65.7 Å². The Balaban J connectivity index is 2.24. The fraction of sp³-hybridized carbons (Fsp3) is 0.167. The molecule has 0 spiro atoms. The highest BCUT2D eigenvalue weighted by Crippen LogP contribution is 2.25. The number of ether oxygens (including phenoxy) is 3. The van der Waals surface area contributed by atoms with Crippen molar-refractivity contribution in [1.29, 1.82) is 0 Å². The summed E-state index contributed by atoms with van der Waals surface area (Å²) >= 11 is 0. The average molecular weight is 298 g/mol. The van der Waals surface area contributed by atoms with E-state index < -0.39 is 0 Å². The fourth-order valence-electron chi connectivity index (χ4n) is 1.90. The van der Waals surface area contributed by atoms with Crippen LogP contribution in [0.4, 0.5) is 0 Å². The number of hydrogen-bond donors (Lipinski definition) is 0. The summed E-state index contributed by atoms with van der Waals surface area (Å²) < 4.78 is 15.5. The van der Waals surface area contributed by atoms with Gasteiger partial charge >= 0.3 is 0 Å². The molecule has 0 heterocycles. The summed E-state index contributed by atoms with van der Waals surface area (Å²) in [7, 11) is 3.08. The molecule has 0 radical (unpaired) electrons. The minimum atomic E-state index is -0.158. The predicted molar refractivity (Wildman–Crippen MR) is 85.3 cm³/mol. The van der Waals surface area contributed by atoms with Gasteiger partial charge in [0.25, 0.3) is 0 Å². The minimum Gasteiger partial charge on any atom is -0.497 e. The van der Waals surface area contributed by atoms with Crippen LogP contribution in [-0.2, 0) is 4.74 Å². The van der Waals surface area contributed by atoms with Crippen molar-refractivity contribution in [3.8, 4) is 11.5 Å². The van der Waals surface area contributed by atoms with Gasteiger partial charge in [-0.15, -0.1) is 0 Å². The molecule has 0 unspecified atom stereocenters. The van der Waals surface area contributed by atoms with Crippen LogP contribution < -0.4 is 9.47 Å². The Hall–Kier alpha value is -2.59. The van der Waals surface area contributed by atoms with Crippen LogP contribution in [0.5, 0.6) is 11.5 Å². The van der Waals surface area contributed by atoms with Gasteiger partial charge in [-0.05, 0) is 29.8 Å². The second kappa shape index (κ2) is 8.00. The molecular formula is C18H18O4. The van der Waals surface area contributed by atoms with Gasteiger partial charge in [-0.3, -0.25) is 4.79 Å². The third kappa shape index (κ3) is 4.20. The van der Waals surface area contributed by atoms with Crippen molar-refractivity contribution in [3.63, 3.8) is 0 Å². The van der Waals surface area contributed by atoms with E-state index in [4.69, 9.17) is 14.2 Å². The van der Waals surface area contributed by atoms with Gasteiger partial charge in [-0.1, -0.05) is 36.4 Å². The topological polar surface area (TPSA) is 44.8 Å². The zero-order valence-corrected chi connectivity index (χ0v) is 12.6. The van der Waals surface area contributed by atoms with Crippen LogP contribution in [0, 0.1) is 0 Å². The summed E-state index contributed by atoms with van der Waals surface area (Å²) in [6, 6.07) is 14.7. The average Bonchev–Trinajstić information content (AvgIpc) is 2.58. The van der Waals surface area contributed by atoms with Crippen molar-refractivity contribution in [2.45, 2.75) is 0 Å². The zero-order valence-electron chi connectivity index (χ0n) is 12.6. The molecule has 0 aliphatic rings. The molecule has 0 atom stereocenters. The van der Waals surface area contributed by atoms with Crippen molar-refractivity contribution in [1.82, 2.24) is 0 Å². The van der Waals surface area contributed by atoms with Crippen LogP contribution in [-0.4, -0.2) is 26.8 Å². The largest absolute Gasteiger partial charge is 0.497 e. The molecule has 4 nitrogen and oxygen atoms in total. The van der Waals surface area contributed by atoms with Crippen LogP contribution in [0.15, 0.2) is 54.6 Å². The first-order valence-electron chi connectivity index (χ1n) is 6.82. The maximum Gasteiger partial charge on any atom is 0.189 e. The first-order valence-corrected chi connectivity index (χ1v) is 6.82. The third-order valence-electron chi connectivity index (χ3n) is 3.01. The molecule has 0 bridgehead atoms. The summed E-state index contributed by atoms with van der Waals surface area (Å²) in [6.45, 7) is 0.0784. The van der Waals surface area contributed by atoms with Gasteiger partial charge < -0.3 is 14.2 Å². The maximum absolute atomic E-state index is 12.4. The normalized spacial score (nSPS) is 10.6. The molecule has 0 saturated heterocycles. The van der Waals surface area contributed by atoms with Gasteiger partial charge in [-0.25, -0.2) is 0 Å². The van der Waals surface area contributed by atoms with Gasteiger partial charge in [0, 0.05) is 7.11 Å². The highest BCUT2D eigenvalue weighted by Gasteiger charge is 2.12. The monoisotopic (exact) mass is 298 g/mol. The van der Waals surface area contributed by atoms with Crippen LogP contribution in [0.25, 0.3) is 6.08 Å². The number of carbonyl (C=O) groups is 1. The van der Waals surface area contributed by atoms with E-state index >= 15 is 0 Å². The van der Waals surface area contributed by atoms with Crippen molar-refractivity contribution in [2.24, 2.45) is 0 Å². The van der Waals surface area contributed by atoms with Crippen molar-refractivity contribution < 1.29 is 19.0 Å². The summed E-state index contributed by atoms with van der Waals surface area (Å²) in [5.41, 5.74) is 1.39. The van der Waals surface area contributed by atoms with E-state index in [1.807, 2.05) is 30.3 Å². The Morgan fingerprint density at radius 2 is 1.86 bits per heavy atom. The lowest BCUT2D eigenvalue weighted by Gasteiger charge is -2.10. The molecule has 0 aliphatic carbocycles. The van der Waals surface area contributed by atoms with Gasteiger partial charge in [0.2, 0.25) is 0 Å². The first-order chi connectivity index (χ1) is 10.7. The lowest BCUT2D eigenvalue weighted by atomic mass is 10.1. The lowest BCUT2D eigenvalue weighted by molar-refractivity contribution is 0.0503. The molecule has 2 rings (SSSR count). The van der Waals surface area contributed by atoms with Gasteiger partial charge in [0.1, 0.15) is 11.5 Å². The molecule has 0 amide bonds. The summed E-state index contributed by atoms with van der Waals surface area (Å²) in [5, 5.41) is 0. The second-order valence-corrected chi connectivity index (χ2v) is 4.52. The molecule has 4 heteroatoms. The van der Waals surface area contributed by atoms with Crippen molar-refractivity contribution >= 4 is 11.9 Å². The highest BCUT2D eigenvalue weighted by molar-refractivity contribution is 6.08. The number of ketones is 1. The number of methoxy groups -OCH3 is 2. The number of allylic oxidation sites excluding steroid dienone is 1. The van der Waals surface area contributed by atoms with E-state index in [9.17, 15) is 4.79 Å². The third-order valence-corrected chi connectivity index (χ3v) is 3.01. The molecule has 0 aliphatic heterocycles. The smallest absolute Gasteiger partial charge is 0.189 e. The number of carbonyl (C=O) groups excluding carboxylic acids is 1. The quantitative estimate of drug-likeness (QED) is 0.445. The van der Waals surface area contributed by atoms with E-state index in [0.29, 0.717) is 17.1 Å². The minimum absolute atomic E-state index is 0.0784. The predicted octanol–water partition coefficient (Wildman–Crippen LogP) is 3.57. The number of hydrogen-bond acceptors (Lipinski definition) is 4. The highest BCUT2D eigenvalue weighted by atomic mass is 16.7. The Morgan fingerprint density at radius 1 is 1.09 bits per heavy atom. The Bertz CT molecular complexity index is 647. The van der Waals surface area contributed by atoms with E-state index in [1.54, 1.807) is 31.4 Å². The van der Waals surface area contributed by atoms with Crippen molar-refractivity contribution in [2.75, 3.05) is 21.0 Å². The molecule has 0 fully saturated rings. The Kier molecular flexibility index (Phi) is 5.74. The van der Waals surface area contributed by atoms with Gasteiger partial charge in [0.15, 0.2) is 12.6 Å². The zero-order chi connectivity index (χ0) is 15.8. The molecule has 0 aromatic heterocycles. The standard InChI is InChI=1S/C18H18O4/c1-20-13-22-18-11-9-15(21-2)12-16(18)17(19)10-8-14-6-4-3-5-7-14/h3-12H,13H2,1-2H3/b10-8+. The lowest BCUT2D eigenvalue weighted by Crippen LogP contribution is -2.05. The molecule has 2 aromatic rings. The van der Waals surface area contributed by atoms with Crippen LogP contribution in [0.1, 0.15) is 15.9 Å². The van der Waals surface area contributed by atoms with Crippen LogP contribution in [0.3, 0.4) is 0 Å². The SMILES string of the molecule is COCOc1ccc(OC)cc1C(=O)/C=C/c1ccccc1. The fourth-order valence-corrected chi connectivity index (χ4v) is 1.90. The van der Waals surface area contributed by atoms with Gasteiger partial charge in [0.05, 0.1) is 12.7 Å². The Labute approximate surface area is 129 Å².